The highest BCUT2D eigenvalue weighted by molar-refractivity contribution is 7.09. The predicted molar refractivity (Wildman–Crippen MR) is 81.5 cm³/mol. The van der Waals surface area contributed by atoms with Crippen LogP contribution < -0.4 is 11.1 Å². The van der Waals surface area contributed by atoms with Crippen molar-refractivity contribution in [1.82, 2.24) is 10.3 Å². The van der Waals surface area contributed by atoms with Crippen LogP contribution in [0.2, 0.25) is 0 Å². The van der Waals surface area contributed by atoms with Gasteiger partial charge in [-0.15, -0.1) is 11.3 Å². The second-order valence-electron chi connectivity index (χ2n) is 4.85. The van der Waals surface area contributed by atoms with E-state index in [1.54, 1.807) is 5.38 Å². The molecule has 0 saturated heterocycles. The molecule has 7 heteroatoms. The molecule has 0 saturated carbocycles. The lowest BCUT2D eigenvalue weighted by molar-refractivity contribution is 0.0945. The molecule has 0 aliphatic carbocycles. The van der Waals surface area contributed by atoms with Crippen molar-refractivity contribution in [2.75, 3.05) is 0 Å². The molecule has 2 rings (SSSR count). The number of halogens is 2. The number of rotatable bonds is 6. The lowest BCUT2D eigenvalue weighted by Crippen LogP contribution is -2.24. The number of benzene rings is 1. The molecule has 1 atom stereocenters. The molecular formula is C15H17F2N3OS. The third-order valence-electron chi connectivity index (χ3n) is 3.16. The van der Waals surface area contributed by atoms with E-state index >= 15 is 0 Å². The molecule has 1 aromatic heterocycles. The van der Waals surface area contributed by atoms with Crippen molar-refractivity contribution in [3.8, 4) is 0 Å². The summed E-state index contributed by atoms with van der Waals surface area (Å²) in [4.78, 5) is 16.2. The average molecular weight is 325 g/mol. The number of carbonyl (C=O) groups is 1. The highest BCUT2D eigenvalue weighted by atomic mass is 32.1. The zero-order valence-electron chi connectivity index (χ0n) is 12.1. The summed E-state index contributed by atoms with van der Waals surface area (Å²) in [6.07, 6.45) is 1.71. The van der Waals surface area contributed by atoms with Crippen LogP contribution in [0.15, 0.2) is 23.6 Å². The maximum atomic E-state index is 13.5. The highest BCUT2D eigenvalue weighted by Gasteiger charge is 2.16. The minimum absolute atomic E-state index is 0.172. The summed E-state index contributed by atoms with van der Waals surface area (Å²) in [5.41, 5.74) is 5.98. The minimum atomic E-state index is -0.691. The molecule has 1 heterocycles. The van der Waals surface area contributed by atoms with Crippen molar-refractivity contribution in [2.24, 2.45) is 5.73 Å². The Labute approximate surface area is 131 Å². The van der Waals surface area contributed by atoms with Crippen LogP contribution in [0.1, 0.15) is 46.9 Å². The van der Waals surface area contributed by atoms with Crippen LogP contribution in [-0.2, 0) is 6.54 Å². The van der Waals surface area contributed by atoms with Crippen LogP contribution in [0, 0.1) is 11.6 Å². The third kappa shape index (κ3) is 3.86. The standard InChI is InChI=1S/C15H17F2N3OS/c1-2-4-12(18)15-20-13(8-22-15)14(21)19-7-9-10(16)5-3-6-11(9)17/h3,5-6,8,12H,2,4,7,18H2,1H3,(H,19,21). The van der Waals surface area contributed by atoms with Crippen molar-refractivity contribution in [2.45, 2.75) is 32.4 Å². The van der Waals surface area contributed by atoms with E-state index in [4.69, 9.17) is 5.73 Å². The Morgan fingerprint density at radius 2 is 2.09 bits per heavy atom. The van der Waals surface area contributed by atoms with Crippen molar-refractivity contribution < 1.29 is 13.6 Å². The van der Waals surface area contributed by atoms with Gasteiger partial charge in [0.15, 0.2) is 0 Å². The predicted octanol–water partition coefficient (Wildman–Crippen LogP) is 3.15. The molecule has 0 aliphatic heterocycles. The van der Waals surface area contributed by atoms with E-state index in [0.717, 1.165) is 25.0 Å². The quantitative estimate of drug-likeness (QED) is 0.857. The first-order valence-corrected chi connectivity index (χ1v) is 7.83. The van der Waals surface area contributed by atoms with E-state index in [1.165, 1.54) is 17.4 Å². The Bertz CT molecular complexity index is 640. The largest absolute Gasteiger partial charge is 0.346 e. The highest BCUT2D eigenvalue weighted by Crippen LogP contribution is 2.20. The Balaban J connectivity index is 2.01. The first-order chi connectivity index (χ1) is 10.5. The van der Waals surface area contributed by atoms with Crippen LogP contribution in [0.5, 0.6) is 0 Å². The molecule has 0 spiro atoms. The van der Waals surface area contributed by atoms with E-state index in [1.807, 2.05) is 6.92 Å². The van der Waals surface area contributed by atoms with E-state index in [2.05, 4.69) is 10.3 Å². The number of hydrogen-bond donors (Lipinski definition) is 2. The second kappa shape index (κ2) is 7.42. The molecule has 118 valence electrons. The van der Waals surface area contributed by atoms with Crippen LogP contribution in [0.25, 0.3) is 0 Å². The summed E-state index contributed by atoms with van der Waals surface area (Å²) in [5, 5.41) is 4.75. The van der Waals surface area contributed by atoms with Gasteiger partial charge in [0.05, 0.1) is 6.04 Å². The van der Waals surface area contributed by atoms with Crippen LogP contribution in [0.4, 0.5) is 8.78 Å². The maximum Gasteiger partial charge on any atom is 0.271 e. The van der Waals surface area contributed by atoms with Gasteiger partial charge in [-0.1, -0.05) is 19.4 Å². The van der Waals surface area contributed by atoms with Gasteiger partial charge in [-0.05, 0) is 18.6 Å². The summed E-state index contributed by atoms with van der Waals surface area (Å²) in [6, 6.07) is 3.38. The van der Waals surface area contributed by atoms with Crippen LogP contribution in [0.3, 0.4) is 0 Å². The molecule has 1 unspecified atom stereocenters. The van der Waals surface area contributed by atoms with Crippen molar-refractivity contribution in [3.05, 3.63) is 51.5 Å². The number of nitrogens with two attached hydrogens (primary N) is 1. The van der Waals surface area contributed by atoms with E-state index in [-0.39, 0.29) is 23.8 Å². The van der Waals surface area contributed by atoms with Gasteiger partial charge in [0, 0.05) is 17.5 Å². The van der Waals surface area contributed by atoms with Gasteiger partial charge >= 0.3 is 0 Å². The smallest absolute Gasteiger partial charge is 0.271 e. The number of nitrogens with one attached hydrogen (secondary N) is 1. The molecule has 2 aromatic rings. The molecule has 0 fully saturated rings. The number of aromatic nitrogens is 1. The second-order valence-corrected chi connectivity index (χ2v) is 5.74. The summed E-state index contributed by atoms with van der Waals surface area (Å²) in [7, 11) is 0. The number of carbonyl (C=O) groups excluding carboxylic acids is 1. The van der Waals surface area contributed by atoms with Gasteiger partial charge in [0.2, 0.25) is 0 Å². The maximum absolute atomic E-state index is 13.5. The van der Waals surface area contributed by atoms with Crippen molar-refractivity contribution in [3.63, 3.8) is 0 Å². The van der Waals surface area contributed by atoms with Gasteiger partial charge in [0.1, 0.15) is 22.3 Å². The Kier molecular flexibility index (Phi) is 5.57. The van der Waals surface area contributed by atoms with Crippen LogP contribution in [-0.4, -0.2) is 10.9 Å². The van der Waals surface area contributed by atoms with Gasteiger partial charge in [-0.25, -0.2) is 13.8 Å². The first-order valence-electron chi connectivity index (χ1n) is 6.95. The van der Waals surface area contributed by atoms with Gasteiger partial charge in [-0.3, -0.25) is 4.79 Å². The van der Waals surface area contributed by atoms with Crippen molar-refractivity contribution in [1.29, 1.82) is 0 Å². The molecule has 0 bridgehead atoms. The number of nitrogens with zero attached hydrogens (tertiary/aromatic N) is 1. The zero-order valence-corrected chi connectivity index (χ0v) is 12.9. The topological polar surface area (TPSA) is 68.0 Å². The zero-order chi connectivity index (χ0) is 16.1. The van der Waals surface area contributed by atoms with Gasteiger partial charge in [0.25, 0.3) is 5.91 Å². The molecule has 3 N–H and O–H groups in total. The minimum Gasteiger partial charge on any atom is -0.346 e. The normalized spacial score (nSPS) is 12.2. The van der Waals surface area contributed by atoms with Gasteiger partial charge in [-0.2, -0.15) is 0 Å². The Morgan fingerprint density at radius 3 is 2.73 bits per heavy atom. The summed E-state index contributed by atoms with van der Waals surface area (Å²) >= 11 is 1.31. The molecule has 0 radical (unpaired) electrons. The van der Waals surface area contributed by atoms with Crippen LogP contribution >= 0.6 is 11.3 Å². The van der Waals surface area contributed by atoms with Crippen molar-refractivity contribution >= 4 is 17.2 Å². The lowest BCUT2D eigenvalue weighted by atomic mass is 10.2. The van der Waals surface area contributed by atoms with E-state index in [0.29, 0.717) is 5.01 Å². The number of hydrogen-bond acceptors (Lipinski definition) is 4. The van der Waals surface area contributed by atoms with Gasteiger partial charge < -0.3 is 11.1 Å². The van der Waals surface area contributed by atoms with E-state index in [9.17, 15) is 13.6 Å². The Morgan fingerprint density at radius 1 is 1.41 bits per heavy atom. The summed E-state index contributed by atoms with van der Waals surface area (Å²) in [5.74, 6) is -1.86. The first kappa shape index (κ1) is 16.5. The molecule has 4 nitrogen and oxygen atoms in total. The fourth-order valence-corrected chi connectivity index (χ4v) is 2.79. The Hall–Kier alpha value is -1.86. The molecule has 1 amide bonds. The fraction of sp³-hybridized carbons (Fsp3) is 0.333. The lowest BCUT2D eigenvalue weighted by Gasteiger charge is -2.06. The number of amides is 1. The third-order valence-corrected chi connectivity index (χ3v) is 4.14. The number of thiazole rings is 1. The van der Waals surface area contributed by atoms with E-state index < -0.39 is 17.5 Å². The fourth-order valence-electron chi connectivity index (χ4n) is 1.96. The monoisotopic (exact) mass is 325 g/mol. The molecule has 0 aliphatic rings. The average Bonchev–Trinajstić information content (AvgIpc) is 2.97. The SMILES string of the molecule is CCCC(N)c1nc(C(=O)NCc2c(F)cccc2F)cs1. The summed E-state index contributed by atoms with van der Waals surface area (Å²) in [6.45, 7) is 1.79. The summed E-state index contributed by atoms with van der Waals surface area (Å²) < 4.78 is 27.0. The molecule has 1 aromatic carbocycles. The molecular weight excluding hydrogens is 308 g/mol. The molecule has 22 heavy (non-hydrogen) atoms.